The van der Waals surface area contributed by atoms with Crippen LogP contribution in [0.2, 0.25) is 0 Å². The zero-order valence-corrected chi connectivity index (χ0v) is 18.9. The second kappa shape index (κ2) is 8.64. The number of benzene rings is 2. The van der Waals surface area contributed by atoms with Crippen LogP contribution in [0.5, 0.6) is 0 Å². The van der Waals surface area contributed by atoms with E-state index in [9.17, 15) is 17.2 Å². The van der Waals surface area contributed by atoms with Crippen molar-refractivity contribution in [1.29, 1.82) is 0 Å². The lowest BCUT2D eigenvalue weighted by atomic mass is 10.0. The molecule has 3 aromatic rings. The number of thiazole rings is 1. The van der Waals surface area contributed by atoms with Crippen molar-refractivity contribution in [3.05, 3.63) is 75.8 Å². The molecule has 164 valence electrons. The fourth-order valence-corrected chi connectivity index (χ4v) is 6.03. The molecule has 0 bridgehead atoms. The molecule has 1 fully saturated rings. The number of aromatic nitrogens is 1. The monoisotopic (exact) mass is 463 g/mol. The van der Waals surface area contributed by atoms with Gasteiger partial charge in [-0.1, -0.05) is 24.3 Å². The average molecular weight is 464 g/mol. The first-order chi connectivity index (χ1) is 14.8. The Hall–Kier alpha value is -2.36. The van der Waals surface area contributed by atoms with Gasteiger partial charge in [0.2, 0.25) is 10.0 Å². The van der Waals surface area contributed by atoms with Crippen LogP contribution in [0.25, 0.3) is 0 Å². The molecule has 31 heavy (non-hydrogen) atoms. The Morgan fingerprint density at radius 3 is 2.32 bits per heavy atom. The van der Waals surface area contributed by atoms with Gasteiger partial charge in [0.25, 0.3) is 0 Å². The number of anilines is 1. The van der Waals surface area contributed by atoms with Crippen LogP contribution in [-0.2, 0) is 16.4 Å². The number of nitrogens with zero attached hydrogens (tertiary/aromatic N) is 3. The Kier molecular flexibility index (Phi) is 6.09. The average Bonchev–Trinajstić information content (AvgIpc) is 3.19. The van der Waals surface area contributed by atoms with Crippen molar-refractivity contribution >= 4 is 26.5 Å². The highest BCUT2D eigenvalue weighted by Crippen LogP contribution is 2.27. The number of hydrogen-bond acceptors (Lipinski definition) is 5. The van der Waals surface area contributed by atoms with Gasteiger partial charge in [-0.2, -0.15) is 4.31 Å². The Bertz CT molecular complexity index is 1180. The predicted octanol–water partition coefficient (Wildman–Crippen LogP) is 4.14. The summed E-state index contributed by atoms with van der Waals surface area (Å²) in [5.41, 5.74) is 4.66. The third-order valence-corrected chi connectivity index (χ3v) is 8.42. The van der Waals surface area contributed by atoms with E-state index < -0.39 is 26.6 Å². The third-order valence-electron chi connectivity index (χ3n) is 5.52. The largest absolute Gasteiger partial charge is 0.345 e. The van der Waals surface area contributed by atoms with E-state index in [0.717, 1.165) is 39.8 Å². The summed E-state index contributed by atoms with van der Waals surface area (Å²) in [5, 5.41) is 2.84. The summed E-state index contributed by atoms with van der Waals surface area (Å²) in [6.07, 6.45) is 0.735. The molecule has 0 saturated carbocycles. The lowest BCUT2D eigenvalue weighted by Crippen LogP contribution is -2.49. The normalized spacial score (nSPS) is 15.4. The fraction of sp³-hybridized carbons (Fsp3) is 0.318. The van der Waals surface area contributed by atoms with Gasteiger partial charge in [0, 0.05) is 38.0 Å². The highest BCUT2D eigenvalue weighted by molar-refractivity contribution is 7.89. The van der Waals surface area contributed by atoms with Gasteiger partial charge in [-0.3, -0.25) is 0 Å². The van der Waals surface area contributed by atoms with Crippen LogP contribution in [0.15, 0.2) is 46.7 Å². The van der Waals surface area contributed by atoms with Crippen LogP contribution in [0.1, 0.15) is 22.4 Å². The van der Waals surface area contributed by atoms with E-state index in [1.54, 1.807) is 0 Å². The molecule has 5 nitrogen and oxygen atoms in total. The molecular weight excluding hydrogens is 440 g/mol. The lowest BCUT2D eigenvalue weighted by molar-refractivity contribution is 0.378. The van der Waals surface area contributed by atoms with Crippen molar-refractivity contribution in [1.82, 2.24) is 9.29 Å². The number of piperazine rings is 1. The number of halogens is 2. The maximum absolute atomic E-state index is 14.0. The Labute approximate surface area is 185 Å². The summed E-state index contributed by atoms with van der Waals surface area (Å²) < 4.78 is 54.6. The number of hydrogen-bond donors (Lipinski definition) is 0. The Morgan fingerprint density at radius 2 is 1.68 bits per heavy atom. The lowest BCUT2D eigenvalue weighted by Gasteiger charge is -2.33. The Balaban J connectivity index is 1.43. The van der Waals surface area contributed by atoms with E-state index in [2.05, 4.69) is 32.0 Å². The molecule has 0 atom stereocenters. The minimum absolute atomic E-state index is 0.141. The second-order valence-corrected chi connectivity index (χ2v) is 10.4. The zero-order chi connectivity index (χ0) is 22.2. The number of rotatable bonds is 5. The summed E-state index contributed by atoms with van der Waals surface area (Å²) in [4.78, 5) is 5.84. The third kappa shape index (κ3) is 4.49. The maximum atomic E-state index is 14.0. The molecule has 0 spiro atoms. The van der Waals surface area contributed by atoms with Gasteiger partial charge in [-0.05, 0) is 42.7 Å². The van der Waals surface area contributed by atoms with Gasteiger partial charge < -0.3 is 4.90 Å². The van der Waals surface area contributed by atoms with Gasteiger partial charge in [0.05, 0.1) is 5.69 Å². The van der Waals surface area contributed by atoms with Crippen molar-refractivity contribution in [2.24, 2.45) is 0 Å². The van der Waals surface area contributed by atoms with E-state index in [0.29, 0.717) is 13.1 Å². The highest BCUT2D eigenvalue weighted by atomic mass is 32.2. The van der Waals surface area contributed by atoms with E-state index in [-0.39, 0.29) is 13.1 Å². The molecule has 0 N–H and O–H groups in total. The summed E-state index contributed by atoms with van der Waals surface area (Å²) in [6.45, 7) is 5.27. The van der Waals surface area contributed by atoms with Crippen LogP contribution in [0.3, 0.4) is 0 Å². The molecule has 1 saturated heterocycles. The standard InChI is InChI=1S/C22H23F2N3O2S2/c1-15-6-7-17(12-16(15)2)13-18-14-30-22(25-18)26-8-10-27(11-9-26)31(28,29)21-19(23)4-3-5-20(21)24/h3-7,12,14H,8-11,13H2,1-2H3. The molecule has 1 aliphatic rings. The summed E-state index contributed by atoms with van der Waals surface area (Å²) in [6, 6.07) is 9.44. The first kappa shape index (κ1) is 21.9. The SMILES string of the molecule is Cc1ccc(Cc2csc(N3CCN(S(=O)(=O)c4c(F)cccc4F)CC3)n2)cc1C. The van der Waals surface area contributed by atoms with E-state index >= 15 is 0 Å². The van der Waals surface area contributed by atoms with Crippen LogP contribution in [0.4, 0.5) is 13.9 Å². The zero-order valence-electron chi connectivity index (χ0n) is 17.3. The first-order valence-corrected chi connectivity index (χ1v) is 12.3. The number of sulfonamides is 1. The fourth-order valence-electron chi connectivity index (χ4n) is 3.62. The van der Waals surface area contributed by atoms with Crippen LogP contribution >= 0.6 is 11.3 Å². The highest BCUT2D eigenvalue weighted by Gasteiger charge is 2.33. The molecule has 0 radical (unpaired) electrons. The van der Waals surface area contributed by atoms with Crippen molar-refractivity contribution < 1.29 is 17.2 Å². The molecule has 1 aromatic heterocycles. The van der Waals surface area contributed by atoms with Crippen LogP contribution < -0.4 is 4.90 Å². The van der Waals surface area contributed by atoms with Crippen molar-refractivity contribution in [2.45, 2.75) is 25.2 Å². The second-order valence-electron chi connectivity index (χ2n) is 7.66. The van der Waals surface area contributed by atoms with Crippen molar-refractivity contribution in [3.63, 3.8) is 0 Å². The minimum atomic E-state index is -4.23. The Morgan fingerprint density at radius 1 is 1.00 bits per heavy atom. The molecule has 0 unspecified atom stereocenters. The molecule has 2 heterocycles. The van der Waals surface area contributed by atoms with E-state index in [1.165, 1.54) is 28.0 Å². The van der Waals surface area contributed by atoms with E-state index in [4.69, 9.17) is 4.98 Å². The molecule has 4 rings (SSSR count). The van der Waals surface area contributed by atoms with Gasteiger partial charge >= 0.3 is 0 Å². The van der Waals surface area contributed by atoms with Gasteiger partial charge in [-0.25, -0.2) is 22.2 Å². The van der Waals surface area contributed by atoms with Crippen molar-refractivity contribution in [2.75, 3.05) is 31.1 Å². The van der Waals surface area contributed by atoms with E-state index in [1.807, 2.05) is 10.3 Å². The molecule has 1 aliphatic heterocycles. The summed E-state index contributed by atoms with van der Waals surface area (Å²) >= 11 is 1.52. The van der Waals surface area contributed by atoms with Crippen molar-refractivity contribution in [3.8, 4) is 0 Å². The summed E-state index contributed by atoms with van der Waals surface area (Å²) in [5.74, 6) is -2.14. The topological polar surface area (TPSA) is 53.5 Å². The quantitative estimate of drug-likeness (QED) is 0.571. The minimum Gasteiger partial charge on any atom is -0.345 e. The molecule has 0 aliphatic carbocycles. The first-order valence-electron chi connectivity index (χ1n) is 9.95. The smallest absolute Gasteiger partial charge is 0.249 e. The van der Waals surface area contributed by atoms with Crippen LogP contribution in [-0.4, -0.2) is 43.9 Å². The predicted molar refractivity (Wildman–Crippen MR) is 118 cm³/mol. The van der Waals surface area contributed by atoms with Gasteiger partial charge in [0.1, 0.15) is 11.6 Å². The van der Waals surface area contributed by atoms with Gasteiger partial charge in [-0.15, -0.1) is 11.3 Å². The molecular formula is C22H23F2N3O2S2. The summed E-state index contributed by atoms with van der Waals surface area (Å²) in [7, 11) is -4.23. The molecule has 0 amide bonds. The molecule has 9 heteroatoms. The maximum Gasteiger partial charge on any atom is 0.249 e. The molecule has 2 aromatic carbocycles. The number of aryl methyl sites for hydroxylation is 2. The van der Waals surface area contributed by atoms with Crippen LogP contribution in [0, 0.1) is 25.5 Å². The van der Waals surface area contributed by atoms with Gasteiger partial charge in [0.15, 0.2) is 10.0 Å².